The van der Waals surface area contributed by atoms with E-state index in [-0.39, 0.29) is 12.2 Å². The Hall–Kier alpha value is -1.32. The molecule has 1 heterocycles. The molecule has 17 heavy (non-hydrogen) atoms. The normalized spacial score (nSPS) is 28.6. The molecule has 0 N–H and O–H groups in total. The lowest BCUT2D eigenvalue weighted by Crippen LogP contribution is -2.20. The number of ether oxygens (including phenoxy) is 3. The van der Waals surface area contributed by atoms with E-state index in [1.165, 1.54) is 0 Å². The maximum atomic E-state index is 5.95. The highest BCUT2D eigenvalue weighted by Gasteiger charge is 2.43. The number of hydrogen-bond donors (Lipinski definition) is 0. The van der Waals surface area contributed by atoms with Gasteiger partial charge in [-0.05, 0) is 25.5 Å². The standard InChI is InChI=1S/C14H16O3/c1-14(2)16-12-8-7-9-10(13(12)17-14)5-4-6-11(9)15-3/h4-8,12-13H,1-3H3/t12-,13+/m0/s1. The maximum Gasteiger partial charge on any atom is 0.164 e. The summed E-state index contributed by atoms with van der Waals surface area (Å²) in [5, 5.41) is 0. The van der Waals surface area contributed by atoms with E-state index in [9.17, 15) is 0 Å². The van der Waals surface area contributed by atoms with Gasteiger partial charge in [0.05, 0.1) is 7.11 Å². The minimum Gasteiger partial charge on any atom is -0.496 e. The fraction of sp³-hybridized carbons (Fsp3) is 0.429. The quantitative estimate of drug-likeness (QED) is 0.745. The van der Waals surface area contributed by atoms with Gasteiger partial charge in [-0.3, -0.25) is 0 Å². The molecular weight excluding hydrogens is 216 g/mol. The summed E-state index contributed by atoms with van der Waals surface area (Å²) in [7, 11) is 1.69. The summed E-state index contributed by atoms with van der Waals surface area (Å²) in [6.45, 7) is 3.89. The molecule has 0 unspecified atom stereocenters. The van der Waals surface area contributed by atoms with Crippen LogP contribution in [0.5, 0.6) is 5.75 Å². The molecule has 1 fully saturated rings. The minimum atomic E-state index is -0.523. The van der Waals surface area contributed by atoms with Crippen LogP contribution in [-0.2, 0) is 9.47 Å². The summed E-state index contributed by atoms with van der Waals surface area (Å²) in [6, 6.07) is 6.02. The Kier molecular flexibility index (Phi) is 2.28. The highest BCUT2D eigenvalue weighted by molar-refractivity contribution is 5.65. The van der Waals surface area contributed by atoms with E-state index < -0.39 is 5.79 Å². The molecule has 3 nitrogen and oxygen atoms in total. The summed E-state index contributed by atoms with van der Waals surface area (Å²) in [5.74, 6) is 0.357. The van der Waals surface area contributed by atoms with Crippen molar-refractivity contribution in [3.05, 3.63) is 35.4 Å². The van der Waals surface area contributed by atoms with Gasteiger partial charge in [-0.25, -0.2) is 0 Å². The molecule has 0 spiro atoms. The smallest absolute Gasteiger partial charge is 0.164 e. The lowest BCUT2D eigenvalue weighted by molar-refractivity contribution is -0.143. The van der Waals surface area contributed by atoms with Crippen molar-refractivity contribution in [3.63, 3.8) is 0 Å². The van der Waals surface area contributed by atoms with Crippen LogP contribution in [0.3, 0.4) is 0 Å². The molecule has 3 rings (SSSR count). The lowest BCUT2D eigenvalue weighted by Gasteiger charge is -2.22. The summed E-state index contributed by atoms with van der Waals surface area (Å²) >= 11 is 0. The lowest BCUT2D eigenvalue weighted by atomic mass is 9.92. The van der Waals surface area contributed by atoms with Gasteiger partial charge in [-0.15, -0.1) is 0 Å². The number of fused-ring (bicyclic) bond motifs is 3. The predicted octanol–water partition coefficient (Wildman–Crippen LogP) is 2.91. The van der Waals surface area contributed by atoms with Crippen LogP contribution in [0.25, 0.3) is 6.08 Å². The third kappa shape index (κ3) is 1.66. The second kappa shape index (κ2) is 3.59. The van der Waals surface area contributed by atoms with Crippen molar-refractivity contribution in [2.45, 2.75) is 31.8 Å². The molecular formula is C14H16O3. The number of hydrogen-bond acceptors (Lipinski definition) is 3. The molecule has 1 aromatic rings. The van der Waals surface area contributed by atoms with Crippen LogP contribution in [-0.4, -0.2) is 19.0 Å². The largest absolute Gasteiger partial charge is 0.496 e. The van der Waals surface area contributed by atoms with Crippen molar-refractivity contribution >= 4 is 6.08 Å². The molecule has 0 saturated carbocycles. The Labute approximate surface area is 101 Å². The van der Waals surface area contributed by atoms with Gasteiger partial charge in [0.15, 0.2) is 5.79 Å². The van der Waals surface area contributed by atoms with Gasteiger partial charge in [-0.1, -0.05) is 24.3 Å². The summed E-state index contributed by atoms with van der Waals surface area (Å²) < 4.78 is 17.1. The first-order chi connectivity index (χ1) is 8.11. The predicted molar refractivity (Wildman–Crippen MR) is 64.8 cm³/mol. The van der Waals surface area contributed by atoms with Gasteiger partial charge in [0.2, 0.25) is 0 Å². The van der Waals surface area contributed by atoms with Gasteiger partial charge >= 0.3 is 0 Å². The van der Waals surface area contributed by atoms with Crippen LogP contribution >= 0.6 is 0 Å². The van der Waals surface area contributed by atoms with Crippen LogP contribution in [0.15, 0.2) is 24.3 Å². The second-order valence-electron chi connectivity index (χ2n) is 4.84. The molecule has 1 saturated heterocycles. The summed E-state index contributed by atoms with van der Waals surface area (Å²) in [6.07, 6.45) is 4.08. The van der Waals surface area contributed by atoms with Gasteiger partial charge < -0.3 is 14.2 Å². The maximum absolute atomic E-state index is 5.95. The summed E-state index contributed by atoms with van der Waals surface area (Å²) in [4.78, 5) is 0. The van der Waals surface area contributed by atoms with Crippen LogP contribution in [0.2, 0.25) is 0 Å². The molecule has 1 aliphatic heterocycles. The third-order valence-electron chi connectivity index (χ3n) is 3.21. The number of benzene rings is 1. The second-order valence-corrected chi connectivity index (χ2v) is 4.84. The van der Waals surface area contributed by atoms with E-state index in [2.05, 4.69) is 12.1 Å². The van der Waals surface area contributed by atoms with E-state index in [4.69, 9.17) is 14.2 Å². The zero-order valence-corrected chi connectivity index (χ0v) is 10.3. The highest BCUT2D eigenvalue weighted by Crippen LogP contribution is 2.44. The Morgan fingerprint density at radius 2 is 2.06 bits per heavy atom. The van der Waals surface area contributed by atoms with Crippen LogP contribution < -0.4 is 4.74 Å². The monoisotopic (exact) mass is 232 g/mol. The first kappa shape index (κ1) is 10.8. The van der Waals surface area contributed by atoms with Crippen LogP contribution in [0.4, 0.5) is 0 Å². The zero-order chi connectivity index (χ0) is 12.0. The number of rotatable bonds is 1. The molecule has 90 valence electrons. The molecule has 0 aromatic heterocycles. The van der Waals surface area contributed by atoms with Gasteiger partial charge in [0.1, 0.15) is 18.0 Å². The van der Waals surface area contributed by atoms with Gasteiger partial charge in [-0.2, -0.15) is 0 Å². The highest BCUT2D eigenvalue weighted by atomic mass is 16.7. The van der Waals surface area contributed by atoms with Crippen LogP contribution in [0.1, 0.15) is 31.1 Å². The molecule has 0 radical (unpaired) electrons. The number of methoxy groups -OCH3 is 1. The molecule has 1 aliphatic carbocycles. The van der Waals surface area contributed by atoms with Crippen molar-refractivity contribution < 1.29 is 14.2 Å². The van der Waals surface area contributed by atoms with E-state index >= 15 is 0 Å². The first-order valence-corrected chi connectivity index (χ1v) is 5.81. The molecule has 2 aliphatic rings. The van der Waals surface area contributed by atoms with Crippen molar-refractivity contribution in [2.24, 2.45) is 0 Å². The molecule has 1 aromatic carbocycles. The molecule has 2 atom stereocenters. The van der Waals surface area contributed by atoms with Crippen molar-refractivity contribution in [1.29, 1.82) is 0 Å². The fourth-order valence-corrected chi connectivity index (χ4v) is 2.53. The van der Waals surface area contributed by atoms with E-state index in [1.807, 2.05) is 32.1 Å². The van der Waals surface area contributed by atoms with Crippen molar-refractivity contribution in [2.75, 3.05) is 7.11 Å². The Balaban J connectivity index is 2.07. The average molecular weight is 232 g/mol. The van der Waals surface area contributed by atoms with Crippen molar-refractivity contribution in [1.82, 2.24) is 0 Å². The Bertz CT molecular complexity index is 476. The molecule has 0 bridgehead atoms. The molecule has 0 amide bonds. The van der Waals surface area contributed by atoms with Crippen LogP contribution in [0, 0.1) is 0 Å². The van der Waals surface area contributed by atoms with E-state index in [0.29, 0.717) is 0 Å². The van der Waals surface area contributed by atoms with E-state index in [0.717, 1.165) is 16.9 Å². The minimum absolute atomic E-state index is 0.00426. The topological polar surface area (TPSA) is 27.7 Å². The van der Waals surface area contributed by atoms with Crippen molar-refractivity contribution in [3.8, 4) is 5.75 Å². The third-order valence-corrected chi connectivity index (χ3v) is 3.21. The summed E-state index contributed by atoms with van der Waals surface area (Å²) in [5.41, 5.74) is 2.24. The van der Waals surface area contributed by atoms with Gasteiger partial charge in [0, 0.05) is 5.56 Å². The molecule has 3 heteroatoms. The fourth-order valence-electron chi connectivity index (χ4n) is 2.53. The Morgan fingerprint density at radius 1 is 1.24 bits per heavy atom. The Morgan fingerprint density at radius 3 is 2.82 bits per heavy atom. The first-order valence-electron chi connectivity index (χ1n) is 5.81. The zero-order valence-electron chi connectivity index (χ0n) is 10.3. The van der Waals surface area contributed by atoms with E-state index in [1.54, 1.807) is 7.11 Å². The van der Waals surface area contributed by atoms with Gasteiger partial charge in [0.25, 0.3) is 0 Å². The SMILES string of the molecule is COc1cccc2c1C=C[C@@H]1OC(C)(C)O[C@H]21. The average Bonchev–Trinajstić information content (AvgIpc) is 2.62.